The largest absolute Gasteiger partial charge is 0.481 e. The number of carboxylic acid groups (broad SMARTS) is 1. The van der Waals surface area contributed by atoms with Crippen molar-refractivity contribution in [3.8, 4) is 0 Å². The van der Waals surface area contributed by atoms with Crippen molar-refractivity contribution in [2.45, 2.75) is 38.3 Å². The minimum atomic E-state index is -0.696. The molecule has 122 valence electrons. The molecule has 3 aliphatic rings. The molecular formula is C18H21NO4. The summed E-state index contributed by atoms with van der Waals surface area (Å²) in [6, 6.07) is 5.96. The van der Waals surface area contributed by atoms with Crippen LogP contribution in [0.3, 0.4) is 0 Å². The van der Waals surface area contributed by atoms with Gasteiger partial charge < -0.3 is 15.2 Å². The molecule has 0 spiro atoms. The fourth-order valence-electron chi connectivity index (χ4n) is 4.45. The second-order valence-corrected chi connectivity index (χ2v) is 6.99. The maximum Gasteiger partial charge on any atom is 0.306 e. The summed E-state index contributed by atoms with van der Waals surface area (Å²) in [6.07, 6.45) is 3.22. The number of ether oxygens (including phenoxy) is 1. The molecule has 2 aliphatic carbocycles. The van der Waals surface area contributed by atoms with Crippen LogP contribution in [0.15, 0.2) is 18.2 Å². The van der Waals surface area contributed by atoms with Crippen LogP contribution in [0.4, 0.5) is 0 Å². The normalized spacial score (nSPS) is 31.7. The third-order valence-corrected chi connectivity index (χ3v) is 5.77. The van der Waals surface area contributed by atoms with Gasteiger partial charge in [0.05, 0.1) is 19.1 Å². The van der Waals surface area contributed by atoms with Crippen molar-refractivity contribution >= 4 is 11.9 Å². The molecule has 2 N–H and O–H groups in total. The van der Waals surface area contributed by atoms with Crippen LogP contribution in [0, 0.1) is 17.8 Å². The van der Waals surface area contributed by atoms with Crippen LogP contribution in [0.5, 0.6) is 0 Å². The molecule has 5 heteroatoms. The van der Waals surface area contributed by atoms with Gasteiger partial charge in [0.2, 0.25) is 0 Å². The van der Waals surface area contributed by atoms with Crippen molar-refractivity contribution in [1.82, 2.24) is 5.32 Å². The van der Waals surface area contributed by atoms with Crippen molar-refractivity contribution < 1.29 is 19.4 Å². The summed E-state index contributed by atoms with van der Waals surface area (Å²) in [7, 11) is 0. The Balaban J connectivity index is 1.45. The lowest BCUT2D eigenvalue weighted by Gasteiger charge is -2.41. The average molecular weight is 315 g/mol. The highest BCUT2D eigenvalue weighted by Crippen LogP contribution is 2.49. The number of rotatable bonds is 3. The van der Waals surface area contributed by atoms with E-state index in [0.717, 1.165) is 24.8 Å². The number of fused-ring (bicyclic) bond motifs is 2. The van der Waals surface area contributed by atoms with E-state index in [-0.39, 0.29) is 17.9 Å². The number of carbonyl (C=O) groups excluding carboxylic acids is 1. The molecule has 1 unspecified atom stereocenters. The summed E-state index contributed by atoms with van der Waals surface area (Å²) in [5.74, 6) is -0.177. The quantitative estimate of drug-likeness (QED) is 0.894. The topological polar surface area (TPSA) is 75.6 Å². The molecule has 4 atom stereocenters. The summed E-state index contributed by atoms with van der Waals surface area (Å²) in [4.78, 5) is 23.8. The van der Waals surface area contributed by atoms with Gasteiger partial charge in [-0.05, 0) is 54.7 Å². The predicted molar refractivity (Wildman–Crippen MR) is 83.0 cm³/mol. The third kappa shape index (κ3) is 2.53. The molecule has 1 aromatic carbocycles. The molecule has 0 saturated heterocycles. The molecule has 4 rings (SSSR count). The third-order valence-electron chi connectivity index (χ3n) is 5.77. The van der Waals surface area contributed by atoms with Crippen LogP contribution in [0.1, 0.15) is 40.7 Å². The minimum Gasteiger partial charge on any atom is -0.481 e. The van der Waals surface area contributed by atoms with E-state index >= 15 is 0 Å². The molecule has 2 saturated carbocycles. The van der Waals surface area contributed by atoms with E-state index in [1.54, 1.807) is 0 Å². The van der Waals surface area contributed by atoms with Crippen molar-refractivity contribution in [2.24, 2.45) is 17.8 Å². The van der Waals surface area contributed by atoms with Crippen molar-refractivity contribution in [1.29, 1.82) is 0 Å². The standard InChI is InChI=1S/C18H21NO4/c20-17(13-3-1-2-10-4-5-23-9-15(10)13)19-16-8-11-6-12(18(21)22)7-14(11)16/h1-3,11-12,14,16H,4-9H2,(H,19,20)(H,21,22)/t11-,12?,14-,16+/m1/s1. The van der Waals surface area contributed by atoms with E-state index in [0.29, 0.717) is 37.0 Å². The molecule has 0 bridgehead atoms. The highest BCUT2D eigenvalue weighted by molar-refractivity contribution is 5.96. The molecule has 1 aromatic rings. The monoisotopic (exact) mass is 315 g/mol. The number of hydrogen-bond donors (Lipinski definition) is 2. The molecule has 23 heavy (non-hydrogen) atoms. The summed E-state index contributed by atoms with van der Waals surface area (Å²) in [6.45, 7) is 1.21. The Kier molecular flexibility index (Phi) is 3.60. The first kappa shape index (κ1) is 14.7. The van der Waals surface area contributed by atoms with Gasteiger partial charge in [-0.3, -0.25) is 9.59 Å². The summed E-state index contributed by atoms with van der Waals surface area (Å²) in [5.41, 5.74) is 2.91. The molecular weight excluding hydrogens is 294 g/mol. The lowest BCUT2D eigenvalue weighted by molar-refractivity contribution is -0.141. The first-order chi connectivity index (χ1) is 11.1. The first-order valence-corrected chi connectivity index (χ1v) is 8.35. The SMILES string of the molecule is O=C(N[C@H]1C[C@H]2CC(C(=O)O)C[C@H]21)c1cccc2c1COCC2. The number of benzene rings is 1. The number of amides is 1. The van der Waals surface area contributed by atoms with Crippen molar-refractivity contribution in [3.63, 3.8) is 0 Å². The van der Waals surface area contributed by atoms with E-state index in [1.165, 1.54) is 5.56 Å². The van der Waals surface area contributed by atoms with Crippen molar-refractivity contribution in [2.75, 3.05) is 6.61 Å². The number of nitrogens with one attached hydrogen (secondary N) is 1. The lowest BCUT2D eigenvalue weighted by atomic mass is 9.71. The number of carboxylic acids is 1. The van der Waals surface area contributed by atoms with Gasteiger partial charge in [0.1, 0.15) is 0 Å². The van der Waals surface area contributed by atoms with Gasteiger partial charge in [0.25, 0.3) is 5.91 Å². The maximum absolute atomic E-state index is 12.6. The summed E-state index contributed by atoms with van der Waals surface area (Å²) in [5, 5.41) is 12.3. The zero-order valence-electron chi connectivity index (χ0n) is 13.0. The van der Waals surface area contributed by atoms with E-state index in [4.69, 9.17) is 9.84 Å². The molecule has 2 fully saturated rings. The zero-order valence-corrected chi connectivity index (χ0v) is 13.0. The van der Waals surface area contributed by atoms with Gasteiger partial charge >= 0.3 is 5.97 Å². The van der Waals surface area contributed by atoms with Crippen LogP contribution in [-0.2, 0) is 22.6 Å². The lowest BCUT2D eigenvalue weighted by Crippen LogP contribution is -2.50. The Labute approximate surface area is 135 Å². The van der Waals surface area contributed by atoms with Gasteiger partial charge in [0, 0.05) is 11.6 Å². The number of aliphatic carboxylic acids is 1. The van der Waals surface area contributed by atoms with Crippen molar-refractivity contribution in [3.05, 3.63) is 34.9 Å². The predicted octanol–water partition coefficient (Wildman–Crippen LogP) is 1.99. The Morgan fingerprint density at radius 3 is 2.91 bits per heavy atom. The van der Waals surface area contributed by atoms with Gasteiger partial charge in [0.15, 0.2) is 0 Å². The molecule has 1 heterocycles. The Bertz CT molecular complexity index is 656. The summed E-state index contributed by atoms with van der Waals surface area (Å²) >= 11 is 0. The van der Waals surface area contributed by atoms with Crippen LogP contribution >= 0.6 is 0 Å². The molecule has 0 radical (unpaired) electrons. The Morgan fingerprint density at radius 2 is 2.09 bits per heavy atom. The highest BCUT2D eigenvalue weighted by atomic mass is 16.5. The molecule has 5 nitrogen and oxygen atoms in total. The van der Waals surface area contributed by atoms with E-state index < -0.39 is 5.97 Å². The van der Waals surface area contributed by atoms with Gasteiger partial charge in [-0.1, -0.05) is 12.1 Å². The summed E-state index contributed by atoms with van der Waals surface area (Å²) < 4.78 is 5.50. The highest BCUT2D eigenvalue weighted by Gasteiger charge is 2.50. The van der Waals surface area contributed by atoms with E-state index in [9.17, 15) is 9.59 Å². The average Bonchev–Trinajstić information content (AvgIpc) is 2.89. The number of hydrogen-bond acceptors (Lipinski definition) is 3. The smallest absolute Gasteiger partial charge is 0.306 e. The van der Waals surface area contributed by atoms with E-state index in [1.807, 2.05) is 12.1 Å². The van der Waals surface area contributed by atoms with E-state index in [2.05, 4.69) is 11.4 Å². The van der Waals surface area contributed by atoms with Crippen LogP contribution in [-0.4, -0.2) is 29.6 Å². The molecule has 1 aliphatic heterocycles. The van der Waals surface area contributed by atoms with Gasteiger partial charge in [-0.2, -0.15) is 0 Å². The fraction of sp³-hybridized carbons (Fsp3) is 0.556. The van der Waals surface area contributed by atoms with Gasteiger partial charge in [-0.25, -0.2) is 0 Å². The van der Waals surface area contributed by atoms with Crippen LogP contribution in [0.25, 0.3) is 0 Å². The van der Waals surface area contributed by atoms with Gasteiger partial charge in [-0.15, -0.1) is 0 Å². The zero-order chi connectivity index (χ0) is 16.0. The minimum absolute atomic E-state index is 0.0467. The second-order valence-electron chi connectivity index (χ2n) is 6.99. The fourth-order valence-corrected chi connectivity index (χ4v) is 4.45. The second kappa shape index (κ2) is 5.64. The Hall–Kier alpha value is -1.88. The van der Waals surface area contributed by atoms with Crippen LogP contribution < -0.4 is 5.32 Å². The first-order valence-electron chi connectivity index (χ1n) is 8.35. The molecule has 1 amide bonds. The number of carbonyl (C=O) groups is 2. The maximum atomic E-state index is 12.6. The molecule has 0 aromatic heterocycles. The van der Waals surface area contributed by atoms with Crippen LogP contribution in [0.2, 0.25) is 0 Å². The Morgan fingerprint density at radius 1 is 1.22 bits per heavy atom.